The van der Waals surface area contributed by atoms with Crippen LogP contribution in [0.5, 0.6) is 0 Å². The van der Waals surface area contributed by atoms with Crippen molar-refractivity contribution in [1.82, 2.24) is 0 Å². The molecule has 0 aliphatic heterocycles. The highest BCUT2D eigenvalue weighted by molar-refractivity contribution is 6.76. The minimum atomic E-state index is -3.09. The summed E-state index contributed by atoms with van der Waals surface area (Å²) < 4.78 is 55.7. The molecule has 0 spiro atoms. The zero-order valence-electron chi connectivity index (χ0n) is 30.9. The largest absolute Gasteiger partial charge is 0.537 e. The molecule has 0 aromatic heterocycles. The summed E-state index contributed by atoms with van der Waals surface area (Å²) in [7, 11) is -9.26. The molecule has 3 aromatic carbocycles. The highest BCUT2D eigenvalue weighted by Crippen LogP contribution is 2.34. The van der Waals surface area contributed by atoms with Gasteiger partial charge in [-0.2, -0.15) is 0 Å². The van der Waals surface area contributed by atoms with Gasteiger partial charge in [0.2, 0.25) is 0 Å². The predicted octanol–water partition coefficient (Wildman–Crippen LogP) is 5.92. The zero-order chi connectivity index (χ0) is 35.8. The van der Waals surface area contributed by atoms with Crippen LogP contribution >= 0.6 is 0 Å². The van der Waals surface area contributed by atoms with Gasteiger partial charge in [0, 0.05) is 92.1 Å². The van der Waals surface area contributed by atoms with Crippen LogP contribution in [-0.2, 0) is 39.8 Å². The van der Waals surface area contributed by atoms with Crippen molar-refractivity contribution in [2.45, 2.75) is 62.3 Å². The van der Waals surface area contributed by atoms with Crippen LogP contribution in [0.2, 0.25) is 0 Å². The molecule has 10 nitrogen and oxygen atoms in total. The van der Waals surface area contributed by atoms with Crippen molar-refractivity contribution in [2.24, 2.45) is 0 Å². The lowest BCUT2D eigenvalue weighted by atomic mass is 10.2. The van der Waals surface area contributed by atoms with E-state index in [9.17, 15) is 0 Å². The van der Waals surface area contributed by atoms with Gasteiger partial charge in [0.1, 0.15) is 0 Å². The van der Waals surface area contributed by atoms with Gasteiger partial charge in [-0.3, -0.25) is 0 Å². The molecule has 49 heavy (non-hydrogen) atoms. The molecule has 0 fully saturated rings. The van der Waals surface area contributed by atoms with Crippen LogP contribution in [0.15, 0.2) is 72.8 Å². The Hall–Kier alpha value is -2.25. The summed E-state index contributed by atoms with van der Waals surface area (Å²) in [4.78, 5) is 2.19. The molecule has 0 unspecified atom stereocenters. The molecular weight excluding hydrogens is 675 g/mol. The first-order chi connectivity index (χ1) is 23.8. The van der Waals surface area contributed by atoms with Crippen LogP contribution in [-0.4, -0.2) is 85.9 Å². The molecule has 0 saturated carbocycles. The molecule has 0 bridgehead atoms. The fraction of sp³-hybridized carbons (Fsp3) is 0.500. The molecule has 0 amide bonds. The number of hydrogen-bond donors (Lipinski definition) is 0. The van der Waals surface area contributed by atoms with E-state index in [-0.39, 0.29) is 0 Å². The van der Waals surface area contributed by atoms with Gasteiger partial charge in [0.25, 0.3) is 0 Å². The molecule has 0 aliphatic rings. The Morgan fingerprint density at radius 3 is 0.612 bits per heavy atom. The van der Waals surface area contributed by atoms with Crippen LogP contribution in [0.25, 0.3) is 0 Å². The lowest BCUT2D eigenvalue weighted by Gasteiger charge is -2.31. The first-order valence-corrected chi connectivity index (χ1v) is 22.9. The summed E-state index contributed by atoms with van der Waals surface area (Å²) >= 11 is 0. The molecule has 3 aromatic rings. The monoisotopic (exact) mass is 731 g/mol. The van der Waals surface area contributed by atoms with Gasteiger partial charge < -0.3 is 44.7 Å². The second-order valence-corrected chi connectivity index (χ2v) is 18.2. The van der Waals surface area contributed by atoms with Crippen LogP contribution in [0.3, 0.4) is 0 Å². The first-order valence-electron chi connectivity index (χ1n) is 17.7. The standard InChI is InChI=1S/C36H57NO9Si3/c1-10-38-47(39-11-2,40-12-3)34-25-19-31(20-26-34)37(32-21-27-35(28-22-32)48(41-13-4,42-14-5)43-15-6)33-23-29-36(30-24-33)49(44-16-7,45-17-8)46-18-9/h19-30H,10-18H2,1-9H3. The first kappa shape index (κ1) is 41.2. The van der Waals surface area contributed by atoms with E-state index in [1.54, 1.807) is 0 Å². The quantitative estimate of drug-likeness (QED) is 0.104. The summed E-state index contributed by atoms with van der Waals surface area (Å²) in [6.45, 7) is 22.1. The molecule has 13 heteroatoms. The molecule has 3 rings (SSSR count). The molecule has 0 N–H and O–H groups in total. The molecule has 0 radical (unpaired) electrons. The van der Waals surface area contributed by atoms with E-state index in [1.807, 2.05) is 98.7 Å². The number of hydrogen-bond acceptors (Lipinski definition) is 10. The third kappa shape index (κ3) is 9.96. The lowest BCUT2D eigenvalue weighted by molar-refractivity contribution is 0.0851. The van der Waals surface area contributed by atoms with E-state index in [0.29, 0.717) is 59.5 Å². The van der Waals surface area contributed by atoms with Crippen LogP contribution in [0.1, 0.15) is 62.3 Å². The average molecular weight is 732 g/mol. The Balaban J connectivity index is 2.18. The Bertz CT molecular complexity index is 1130. The van der Waals surface area contributed by atoms with E-state index in [1.165, 1.54) is 0 Å². The SMILES string of the molecule is CCO[Si](OCC)(OCC)c1ccc(N(c2ccc([Si](OCC)(OCC)OCC)cc2)c2ccc([Si](OCC)(OCC)OCC)cc2)cc1. The van der Waals surface area contributed by atoms with E-state index in [4.69, 9.17) is 39.8 Å². The van der Waals surface area contributed by atoms with Gasteiger partial charge in [0.15, 0.2) is 0 Å². The number of rotatable bonds is 24. The summed E-state index contributed by atoms with van der Waals surface area (Å²) in [6.07, 6.45) is 0. The van der Waals surface area contributed by atoms with Crippen LogP contribution in [0.4, 0.5) is 17.1 Å². The maximum atomic E-state index is 6.19. The van der Waals surface area contributed by atoms with Crippen LogP contribution < -0.4 is 20.5 Å². The number of nitrogens with zero attached hydrogens (tertiary/aromatic N) is 1. The molecular formula is C36H57NO9Si3. The topological polar surface area (TPSA) is 86.3 Å². The third-order valence-corrected chi connectivity index (χ3v) is 16.6. The summed E-state index contributed by atoms with van der Waals surface area (Å²) in [5, 5.41) is 2.73. The zero-order valence-corrected chi connectivity index (χ0v) is 33.9. The van der Waals surface area contributed by atoms with E-state index in [0.717, 1.165) is 32.6 Å². The molecule has 0 saturated heterocycles. The maximum Gasteiger partial charge on any atom is 0.537 e. The normalized spacial score (nSPS) is 12.4. The van der Waals surface area contributed by atoms with E-state index in [2.05, 4.69) is 41.3 Å². The van der Waals surface area contributed by atoms with Gasteiger partial charge in [0.05, 0.1) is 0 Å². The van der Waals surface area contributed by atoms with Crippen molar-refractivity contribution in [1.29, 1.82) is 0 Å². The van der Waals surface area contributed by atoms with Crippen molar-refractivity contribution in [2.75, 3.05) is 64.4 Å². The number of anilines is 3. The average Bonchev–Trinajstić information content (AvgIpc) is 3.10. The number of benzene rings is 3. The van der Waals surface area contributed by atoms with Crippen molar-refractivity contribution < 1.29 is 39.8 Å². The molecule has 0 aliphatic carbocycles. The summed E-state index contributed by atoms with van der Waals surface area (Å²) in [5.74, 6) is 0. The van der Waals surface area contributed by atoms with Crippen molar-refractivity contribution in [3.05, 3.63) is 72.8 Å². The van der Waals surface area contributed by atoms with Gasteiger partial charge >= 0.3 is 26.4 Å². The van der Waals surface area contributed by atoms with Crippen molar-refractivity contribution in [3.8, 4) is 0 Å². The highest BCUT2D eigenvalue weighted by atomic mass is 28.4. The van der Waals surface area contributed by atoms with E-state index < -0.39 is 26.4 Å². The van der Waals surface area contributed by atoms with E-state index >= 15 is 0 Å². The van der Waals surface area contributed by atoms with Gasteiger partial charge in [-0.05, 0) is 98.7 Å². The van der Waals surface area contributed by atoms with Gasteiger partial charge in [-0.25, -0.2) is 0 Å². The molecule has 0 heterocycles. The second-order valence-electron chi connectivity index (χ2n) is 10.5. The second kappa shape index (κ2) is 20.6. The summed E-state index contributed by atoms with van der Waals surface area (Å²) in [5.41, 5.74) is 2.84. The third-order valence-electron chi connectivity index (χ3n) is 7.45. The Morgan fingerprint density at radius 1 is 0.306 bits per heavy atom. The van der Waals surface area contributed by atoms with Crippen molar-refractivity contribution in [3.63, 3.8) is 0 Å². The molecule has 0 atom stereocenters. The van der Waals surface area contributed by atoms with Crippen LogP contribution in [0, 0.1) is 0 Å². The Morgan fingerprint density at radius 2 is 0.469 bits per heavy atom. The van der Waals surface area contributed by atoms with Gasteiger partial charge in [-0.1, -0.05) is 36.4 Å². The lowest BCUT2D eigenvalue weighted by Crippen LogP contribution is -2.57. The highest BCUT2D eigenvalue weighted by Gasteiger charge is 2.45. The fourth-order valence-electron chi connectivity index (χ4n) is 5.73. The minimum Gasteiger partial charge on any atom is -0.370 e. The fourth-order valence-corrected chi connectivity index (χ4v) is 13.1. The smallest absolute Gasteiger partial charge is 0.370 e. The Labute approximate surface area is 297 Å². The molecule has 272 valence electrons. The van der Waals surface area contributed by atoms with Crippen molar-refractivity contribution >= 4 is 59.0 Å². The predicted molar refractivity (Wildman–Crippen MR) is 202 cm³/mol. The summed E-state index contributed by atoms with van der Waals surface area (Å²) in [6, 6.07) is 24.8. The maximum absolute atomic E-state index is 6.19. The Kier molecular flexibility index (Phi) is 17.3. The minimum absolute atomic E-state index is 0.491. The van der Waals surface area contributed by atoms with Gasteiger partial charge in [-0.15, -0.1) is 0 Å².